The number of aromatic nitrogens is 3. The van der Waals surface area contributed by atoms with Crippen molar-refractivity contribution in [3.63, 3.8) is 0 Å². The summed E-state index contributed by atoms with van der Waals surface area (Å²) in [4.78, 5) is 4.37. The number of sulfonamides is 1. The number of hydrogen-bond donors (Lipinski definition) is 1. The maximum absolute atomic E-state index is 12.1. The molecule has 6 nitrogen and oxygen atoms in total. The van der Waals surface area contributed by atoms with Crippen LogP contribution in [0.5, 0.6) is 0 Å². The topological polar surface area (TPSA) is 90.9 Å². The van der Waals surface area contributed by atoms with E-state index in [4.69, 9.17) is 16.7 Å². The molecule has 4 rings (SSSR count). The maximum atomic E-state index is 12.1. The van der Waals surface area contributed by atoms with Gasteiger partial charge in [-0.2, -0.15) is 5.10 Å². The number of benzene rings is 2. The van der Waals surface area contributed by atoms with Gasteiger partial charge in [-0.15, -0.1) is 0 Å². The molecule has 0 saturated heterocycles. The second-order valence-electron chi connectivity index (χ2n) is 6.06. The van der Waals surface area contributed by atoms with Crippen LogP contribution in [0.3, 0.4) is 0 Å². The minimum Gasteiger partial charge on any atom is -0.255 e. The summed E-state index contributed by atoms with van der Waals surface area (Å²) in [7, 11) is -3.94. The van der Waals surface area contributed by atoms with Gasteiger partial charge in [-0.1, -0.05) is 41.9 Å². The summed E-state index contributed by atoms with van der Waals surface area (Å²) in [5.74, 6) is 0. The Morgan fingerprint density at radius 1 is 0.893 bits per heavy atom. The number of hydrogen-bond acceptors (Lipinski definition) is 4. The first-order valence-corrected chi connectivity index (χ1v) is 10.3. The van der Waals surface area contributed by atoms with Crippen LogP contribution in [0.15, 0.2) is 83.9 Å². The van der Waals surface area contributed by atoms with Crippen LogP contribution in [0, 0.1) is 0 Å². The molecule has 0 bridgehead atoms. The van der Waals surface area contributed by atoms with Crippen LogP contribution in [-0.4, -0.2) is 23.2 Å². The van der Waals surface area contributed by atoms with E-state index < -0.39 is 10.0 Å². The summed E-state index contributed by atoms with van der Waals surface area (Å²) in [6, 6.07) is 21.1. The van der Waals surface area contributed by atoms with Crippen LogP contribution < -0.4 is 5.14 Å². The third-order valence-electron chi connectivity index (χ3n) is 4.18. The number of rotatable bonds is 4. The van der Waals surface area contributed by atoms with E-state index in [0.29, 0.717) is 27.8 Å². The number of para-hydroxylation sites is 1. The van der Waals surface area contributed by atoms with E-state index in [1.165, 1.54) is 6.07 Å². The average Bonchev–Trinajstić information content (AvgIpc) is 3.14. The average molecular weight is 411 g/mol. The maximum Gasteiger partial charge on any atom is 0.240 e. The molecule has 2 aromatic heterocycles. The first-order valence-electron chi connectivity index (χ1n) is 8.33. The lowest BCUT2D eigenvalue weighted by molar-refractivity contribution is 0.596. The highest BCUT2D eigenvalue weighted by Crippen LogP contribution is 2.30. The van der Waals surface area contributed by atoms with Crippen LogP contribution in [0.2, 0.25) is 5.02 Å². The number of nitrogens with zero attached hydrogens (tertiary/aromatic N) is 3. The SMILES string of the molecule is NS(=O)(=O)c1ccccc1-n1nc(-c2ccc(Cl)cc2)cc1-c1ccccn1. The largest absolute Gasteiger partial charge is 0.255 e. The molecule has 2 aromatic carbocycles. The Kier molecular flexibility index (Phi) is 4.72. The number of halogens is 1. The number of nitrogens with two attached hydrogens (primary N) is 1. The lowest BCUT2D eigenvalue weighted by Crippen LogP contribution is -2.16. The zero-order valence-corrected chi connectivity index (χ0v) is 16.1. The fourth-order valence-corrected chi connectivity index (χ4v) is 3.74. The van der Waals surface area contributed by atoms with Crippen molar-refractivity contribution in [2.45, 2.75) is 4.90 Å². The van der Waals surface area contributed by atoms with Gasteiger partial charge in [0.1, 0.15) is 4.90 Å². The molecule has 2 N–H and O–H groups in total. The Morgan fingerprint density at radius 2 is 1.61 bits per heavy atom. The lowest BCUT2D eigenvalue weighted by atomic mass is 10.1. The van der Waals surface area contributed by atoms with E-state index >= 15 is 0 Å². The second-order valence-corrected chi connectivity index (χ2v) is 8.03. The third-order valence-corrected chi connectivity index (χ3v) is 5.39. The van der Waals surface area contributed by atoms with E-state index in [0.717, 1.165) is 5.56 Å². The fourth-order valence-electron chi connectivity index (χ4n) is 2.90. The van der Waals surface area contributed by atoms with E-state index in [1.54, 1.807) is 41.2 Å². The van der Waals surface area contributed by atoms with Crippen molar-refractivity contribution >= 4 is 21.6 Å². The fraction of sp³-hybridized carbons (Fsp3) is 0. The standard InChI is InChI=1S/C20H15ClN4O2S/c21-15-10-8-14(9-11-15)17-13-19(16-5-3-4-12-23-16)25(24-17)18-6-1-2-7-20(18)28(22,26)27/h1-13H,(H2,22,26,27). The lowest BCUT2D eigenvalue weighted by Gasteiger charge is -2.11. The first kappa shape index (κ1) is 18.4. The van der Waals surface area contributed by atoms with Crippen molar-refractivity contribution in [1.82, 2.24) is 14.8 Å². The van der Waals surface area contributed by atoms with Gasteiger partial charge in [0, 0.05) is 16.8 Å². The number of pyridine rings is 1. The van der Waals surface area contributed by atoms with Crippen LogP contribution in [-0.2, 0) is 10.0 Å². The summed E-state index contributed by atoms with van der Waals surface area (Å²) in [6.45, 7) is 0. The molecule has 140 valence electrons. The molecule has 0 fully saturated rings. The predicted octanol–water partition coefficient (Wildman–Crippen LogP) is 3.90. The van der Waals surface area contributed by atoms with Crippen LogP contribution in [0.4, 0.5) is 0 Å². The molecule has 0 amide bonds. The van der Waals surface area contributed by atoms with Gasteiger partial charge in [0.05, 0.1) is 22.8 Å². The smallest absolute Gasteiger partial charge is 0.240 e. The molecule has 0 radical (unpaired) electrons. The molecule has 0 aliphatic rings. The number of primary sulfonamides is 1. The van der Waals surface area contributed by atoms with Gasteiger partial charge in [-0.3, -0.25) is 4.98 Å². The van der Waals surface area contributed by atoms with Gasteiger partial charge >= 0.3 is 0 Å². The Bertz CT molecular complexity index is 1240. The molecule has 0 aliphatic heterocycles. The monoisotopic (exact) mass is 410 g/mol. The van der Waals surface area contributed by atoms with E-state index in [2.05, 4.69) is 10.1 Å². The Hall–Kier alpha value is -3.00. The molecule has 0 saturated carbocycles. The van der Waals surface area contributed by atoms with Crippen molar-refractivity contribution in [2.75, 3.05) is 0 Å². The molecular formula is C20H15ClN4O2S. The molecule has 0 unspecified atom stereocenters. The van der Waals surface area contributed by atoms with E-state index in [1.807, 2.05) is 36.4 Å². The van der Waals surface area contributed by atoms with Crippen molar-refractivity contribution in [2.24, 2.45) is 5.14 Å². The normalized spacial score (nSPS) is 11.5. The van der Waals surface area contributed by atoms with Gasteiger partial charge < -0.3 is 0 Å². The minimum atomic E-state index is -3.94. The van der Waals surface area contributed by atoms with Gasteiger partial charge in [-0.05, 0) is 42.5 Å². The second kappa shape index (κ2) is 7.20. The van der Waals surface area contributed by atoms with Gasteiger partial charge in [-0.25, -0.2) is 18.2 Å². The minimum absolute atomic E-state index is 0.0158. The molecular weight excluding hydrogens is 396 g/mol. The molecule has 8 heteroatoms. The Morgan fingerprint density at radius 3 is 2.29 bits per heavy atom. The zero-order chi connectivity index (χ0) is 19.7. The molecule has 28 heavy (non-hydrogen) atoms. The first-order chi connectivity index (χ1) is 13.4. The Balaban J connectivity index is 1.98. The summed E-state index contributed by atoms with van der Waals surface area (Å²) in [6.07, 6.45) is 1.67. The predicted molar refractivity (Wildman–Crippen MR) is 109 cm³/mol. The van der Waals surface area contributed by atoms with Crippen LogP contribution in [0.1, 0.15) is 0 Å². The van der Waals surface area contributed by atoms with E-state index in [9.17, 15) is 8.42 Å². The molecule has 0 aliphatic carbocycles. The quantitative estimate of drug-likeness (QED) is 0.552. The van der Waals surface area contributed by atoms with Crippen molar-refractivity contribution in [3.05, 3.63) is 84.0 Å². The summed E-state index contributed by atoms with van der Waals surface area (Å²) < 4.78 is 25.7. The summed E-state index contributed by atoms with van der Waals surface area (Å²) in [5.41, 5.74) is 3.14. The molecule has 0 atom stereocenters. The zero-order valence-electron chi connectivity index (χ0n) is 14.5. The molecule has 4 aromatic rings. The molecule has 2 heterocycles. The molecule has 0 spiro atoms. The highest BCUT2D eigenvalue weighted by Gasteiger charge is 2.20. The van der Waals surface area contributed by atoms with Gasteiger partial charge in [0.2, 0.25) is 10.0 Å². The highest BCUT2D eigenvalue weighted by molar-refractivity contribution is 7.89. The van der Waals surface area contributed by atoms with Gasteiger partial charge in [0.25, 0.3) is 0 Å². The highest BCUT2D eigenvalue weighted by atomic mass is 35.5. The van der Waals surface area contributed by atoms with Crippen LogP contribution in [0.25, 0.3) is 28.3 Å². The summed E-state index contributed by atoms with van der Waals surface area (Å²) >= 11 is 5.98. The Labute approximate surface area is 167 Å². The third kappa shape index (κ3) is 3.55. The summed E-state index contributed by atoms with van der Waals surface area (Å²) in [5, 5.41) is 10.7. The van der Waals surface area contributed by atoms with Crippen molar-refractivity contribution in [3.8, 4) is 28.3 Å². The van der Waals surface area contributed by atoms with Gasteiger partial charge in [0.15, 0.2) is 0 Å². The van der Waals surface area contributed by atoms with E-state index in [-0.39, 0.29) is 4.90 Å². The van der Waals surface area contributed by atoms with Crippen LogP contribution >= 0.6 is 11.6 Å². The van der Waals surface area contributed by atoms with Crippen molar-refractivity contribution < 1.29 is 8.42 Å². The van der Waals surface area contributed by atoms with Crippen molar-refractivity contribution in [1.29, 1.82) is 0 Å².